The molecule has 1 aliphatic rings. The highest BCUT2D eigenvalue weighted by molar-refractivity contribution is 5.90. The van der Waals surface area contributed by atoms with Crippen LogP contribution in [0.4, 0.5) is 26.0 Å². The highest BCUT2D eigenvalue weighted by atomic mass is 19.1. The van der Waals surface area contributed by atoms with Crippen LogP contribution in [0.1, 0.15) is 5.56 Å². The first kappa shape index (κ1) is 22.5. The van der Waals surface area contributed by atoms with Gasteiger partial charge in [-0.15, -0.1) is 5.10 Å². The Morgan fingerprint density at radius 1 is 1.06 bits per heavy atom. The Balaban J connectivity index is 1.34. The molecule has 5 rings (SSSR count). The third kappa shape index (κ3) is 4.44. The van der Waals surface area contributed by atoms with Gasteiger partial charge >= 0.3 is 5.69 Å². The first-order valence-electron chi connectivity index (χ1n) is 11.2. The monoisotopic (exact) mass is 479 g/mol. The van der Waals surface area contributed by atoms with Gasteiger partial charge < -0.3 is 15.1 Å². The summed E-state index contributed by atoms with van der Waals surface area (Å²) < 4.78 is 29.3. The number of carbonyl (C=O) groups is 1. The standard InChI is InChI=1S/C24H23F2N7O2/c1-16-4-2-3-5-20(16)30-10-12-31(13-11-30)22-23-29-33(24(35)32(23)9-8-27-22)15-21(34)28-19-7-6-17(25)14-18(19)26/h2-9,14H,10-13,15H2,1H3,(H,28,34). The molecule has 0 aliphatic carbocycles. The van der Waals surface area contributed by atoms with Crippen LogP contribution in [0.15, 0.2) is 59.7 Å². The largest absolute Gasteiger partial charge is 0.368 e. The Hall–Kier alpha value is -4.28. The molecule has 1 fully saturated rings. The van der Waals surface area contributed by atoms with Crippen molar-refractivity contribution >= 4 is 28.7 Å². The van der Waals surface area contributed by atoms with Crippen LogP contribution in [-0.2, 0) is 11.3 Å². The van der Waals surface area contributed by atoms with E-state index >= 15 is 0 Å². The lowest BCUT2D eigenvalue weighted by Crippen LogP contribution is -2.47. The molecule has 0 radical (unpaired) electrons. The predicted octanol–water partition coefficient (Wildman–Crippen LogP) is 2.44. The second-order valence-electron chi connectivity index (χ2n) is 8.32. The topological polar surface area (TPSA) is 87.8 Å². The zero-order valence-corrected chi connectivity index (χ0v) is 19.0. The SMILES string of the molecule is Cc1ccccc1N1CCN(c2nccn3c(=O)n(CC(=O)Nc4ccc(F)cc4F)nc23)CC1. The molecule has 0 spiro atoms. The number of aryl methyl sites for hydroxylation is 1. The average molecular weight is 479 g/mol. The number of nitrogens with one attached hydrogen (secondary N) is 1. The summed E-state index contributed by atoms with van der Waals surface area (Å²) in [7, 11) is 0. The predicted molar refractivity (Wildman–Crippen MR) is 128 cm³/mol. The van der Waals surface area contributed by atoms with Crippen LogP contribution in [0.25, 0.3) is 5.65 Å². The molecule has 35 heavy (non-hydrogen) atoms. The third-order valence-electron chi connectivity index (χ3n) is 6.02. The van der Waals surface area contributed by atoms with E-state index < -0.39 is 29.8 Å². The summed E-state index contributed by atoms with van der Waals surface area (Å²) in [5, 5.41) is 6.67. The molecule has 1 saturated heterocycles. The summed E-state index contributed by atoms with van der Waals surface area (Å²) in [6.45, 7) is 4.59. The minimum Gasteiger partial charge on any atom is -0.368 e. The van der Waals surface area contributed by atoms with Gasteiger partial charge in [0.05, 0.1) is 5.69 Å². The van der Waals surface area contributed by atoms with Crippen molar-refractivity contribution in [2.24, 2.45) is 0 Å². The maximum atomic E-state index is 13.9. The van der Waals surface area contributed by atoms with Crippen LogP contribution in [0.3, 0.4) is 0 Å². The van der Waals surface area contributed by atoms with Crippen LogP contribution in [0, 0.1) is 18.6 Å². The van der Waals surface area contributed by atoms with Crippen molar-refractivity contribution in [3.8, 4) is 0 Å². The van der Waals surface area contributed by atoms with Crippen molar-refractivity contribution in [2.75, 3.05) is 41.3 Å². The second-order valence-corrected chi connectivity index (χ2v) is 8.32. The van der Waals surface area contributed by atoms with Crippen LogP contribution in [0.2, 0.25) is 0 Å². The molecule has 11 heteroatoms. The van der Waals surface area contributed by atoms with Gasteiger partial charge in [-0.05, 0) is 30.7 Å². The summed E-state index contributed by atoms with van der Waals surface area (Å²) in [6, 6.07) is 11.1. The molecule has 0 bridgehead atoms. The third-order valence-corrected chi connectivity index (χ3v) is 6.02. The number of amides is 1. The van der Waals surface area contributed by atoms with Crippen molar-refractivity contribution in [1.29, 1.82) is 0 Å². The number of benzene rings is 2. The van der Waals surface area contributed by atoms with Gasteiger partial charge in [-0.25, -0.2) is 27.6 Å². The van der Waals surface area contributed by atoms with E-state index in [0.29, 0.717) is 30.6 Å². The minimum atomic E-state index is -0.906. The van der Waals surface area contributed by atoms with Crippen molar-refractivity contribution in [2.45, 2.75) is 13.5 Å². The van der Waals surface area contributed by atoms with Crippen LogP contribution >= 0.6 is 0 Å². The normalized spacial score (nSPS) is 13.9. The number of aromatic nitrogens is 4. The highest BCUT2D eigenvalue weighted by Gasteiger charge is 2.23. The van der Waals surface area contributed by atoms with Gasteiger partial charge in [0.2, 0.25) is 11.6 Å². The summed E-state index contributed by atoms with van der Waals surface area (Å²) in [4.78, 5) is 34.1. The molecular formula is C24H23F2N7O2. The first-order valence-corrected chi connectivity index (χ1v) is 11.2. The number of rotatable bonds is 5. The maximum Gasteiger partial charge on any atom is 0.350 e. The Bertz CT molecular complexity index is 1460. The Kier molecular flexibility index (Phi) is 5.89. The number of nitrogens with zero attached hydrogens (tertiary/aromatic N) is 6. The van der Waals surface area contributed by atoms with Gasteiger partial charge in [-0.1, -0.05) is 18.2 Å². The van der Waals surface area contributed by atoms with E-state index in [1.54, 1.807) is 0 Å². The molecule has 1 amide bonds. The Morgan fingerprint density at radius 2 is 1.80 bits per heavy atom. The van der Waals surface area contributed by atoms with E-state index in [1.165, 1.54) is 28.0 Å². The minimum absolute atomic E-state index is 0.179. The fourth-order valence-corrected chi connectivity index (χ4v) is 4.26. The molecule has 0 unspecified atom stereocenters. The number of halogens is 2. The highest BCUT2D eigenvalue weighted by Crippen LogP contribution is 2.23. The molecule has 9 nitrogen and oxygen atoms in total. The number of hydrogen-bond donors (Lipinski definition) is 1. The second kappa shape index (κ2) is 9.16. The number of para-hydroxylation sites is 1. The number of anilines is 3. The lowest BCUT2D eigenvalue weighted by molar-refractivity contribution is -0.117. The Labute approximate surface area is 199 Å². The van der Waals surface area contributed by atoms with Gasteiger partial charge in [0.25, 0.3) is 0 Å². The van der Waals surface area contributed by atoms with Crippen LogP contribution in [0.5, 0.6) is 0 Å². The molecule has 4 aromatic rings. The van der Waals surface area contributed by atoms with E-state index in [4.69, 9.17) is 0 Å². The zero-order chi connectivity index (χ0) is 24.5. The number of fused-ring (bicyclic) bond motifs is 1. The van der Waals surface area contributed by atoms with E-state index in [2.05, 4.69) is 44.3 Å². The Morgan fingerprint density at radius 3 is 2.54 bits per heavy atom. The van der Waals surface area contributed by atoms with Crippen molar-refractivity contribution < 1.29 is 13.6 Å². The van der Waals surface area contributed by atoms with Crippen LogP contribution in [-0.4, -0.2) is 51.3 Å². The molecule has 1 N–H and O–H groups in total. The first-order chi connectivity index (χ1) is 16.9. The van der Waals surface area contributed by atoms with Gasteiger partial charge in [-0.3, -0.25) is 4.79 Å². The lowest BCUT2D eigenvalue weighted by Gasteiger charge is -2.37. The molecule has 1 aliphatic heterocycles. The molecule has 0 saturated carbocycles. The maximum absolute atomic E-state index is 13.9. The average Bonchev–Trinajstić information content (AvgIpc) is 3.16. The van der Waals surface area contributed by atoms with Crippen molar-refractivity contribution in [1.82, 2.24) is 19.2 Å². The van der Waals surface area contributed by atoms with Gasteiger partial charge in [0, 0.05) is 50.3 Å². The smallest absolute Gasteiger partial charge is 0.350 e. The zero-order valence-electron chi connectivity index (χ0n) is 19.0. The van der Waals surface area contributed by atoms with E-state index in [0.717, 1.165) is 29.9 Å². The fraction of sp³-hybridized carbons (Fsp3) is 0.250. The summed E-state index contributed by atoms with van der Waals surface area (Å²) in [5.74, 6) is -1.77. The van der Waals surface area contributed by atoms with E-state index in [1.807, 2.05) is 12.1 Å². The number of carbonyl (C=O) groups excluding carboxylic acids is 1. The number of hydrogen-bond acceptors (Lipinski definition) is 6. The fourth-order valence-electron chi connectivity index (χ4n) is 4.26. The van der Waals surface area contributed by atoms with E-state index in [-0.39, 0.29) is 5.69 Å². The van der Waals surface area contributed by atoms with Gasteiger partial charge in [0.15, 0.2) is 5.82 Å². The van der Waals surface area contributed by atoms with Gasteiger partial charge in [0.1, 0.15) is 18.2 Å². The molecule has 2 aromatic heterocycles. The molecule has 0 atom stereocenters. The summed E-state index contributed by atoms with van der Waals surface area (Å²) in [5.41, 5.74) is 2.05. The molecule has 180 valence electrons. The summed E-state index contributed by atoms with van der Waals surface area (Å²) >= 11 is 0. The van der Waals surface area contributed by atoms with Crippen molar-refractivity contribution in [3.05, 3.63) is 82.5 Å². The quantitative estimate of drug-likeness (QED) is 0.473. The van der Waals surface area contributed by atoms with E-state index in [9.17, 15) is 18.4 Å². The lowest BCUT2D eigenvalue weighted by atomic mass is 10.1. The number of piperazine rings is 1. The van der Waals surface area contributed by atoms with Gasteiger partial charge in [-0.2, -0.15) is 0 Å². The summed E-state index contributed by atoms with van der Waals surface area (Å²) in [6.07, 6.45) is 3.02. The molecule has 2 aromatic carbocycles. The molecule has 3 heterocycles. The van der Waals surface area contributed by atoms with Crippen LogP contribution < -0.4 is 20.8 Å². The van der Waals surface area contributed by atoms with Crippen molar-refractivity contribution in [3.63, 3.8) is 0 Å². The molecular weight excluding hydrogens is 456 g/mol.